The van der Waals surface area contributed by atoms with Gasteiger partial charge in [-0.1, -0.05) is 44.6 Å². The van der Waals surface area contributed by atoms with Crippen molar-refractivity contribution in [2.45, 2.75) is 72.3 Å². The van der Waals surface area contributed by atoms with E-state index in [-0.39, 0.29) is 11.7 Å². The van der Waals surface area contributed by atoms with Crippen LogP contribution in [0, 0.1) is 24.5 Å². The monoisotopic (exact) mass is 644 g/mol. The molecular weight excluding hydrogens is 598 g/mol. The second-order valence-corrected chi connectivity index (χ2v) is 12.7. The number of allylic oxidation sites excluding steroid dienone is 1. The third-order valence-corrected chi connectivity index (χ3v) is 9.41. The Kier molecular flexibility index (Phi) is 11.3. The van der Waals surface area contributed by atoms with Crippen LogP contribution in [0.25, 0.3) is 17.3 Å². The van der Waals surface area contributed by atoms with Gasteiger partial charge in [0.05, 0.1) is 5.69 Å². The number of nitrogens with one attached hydrogen (secondary N) is 1. The van der Waals surface area contributed by atoms with Gasteiger partial charge in [0.1, 0.15) is 17.3 Å². The van der Waals surface area contributed by atoms with E-state index in [4.69, 9.17) is 9.97 Å². The number of amides is 2. The quantitative estimate of drug-likeness (QED) is 0.175. The molecule has 0 saturated carbocycles. The first-order valence-corrected chi connectivity index (χ1v) is 16.9. The topological polar surface area (TPSA) is 81.7 Å². The number of para-hydroxylation sites is 1. The fourth-order valence-corrected chi connectivity index (χ4v) is 6.55. The molecule has 10 heteroatoms. The maximum atomic E-state index is 15.2. The third kappa shape index (κ3) is 7.70. The number of aromatic nitrogens is 2. The number of halogens is 2. The van der Waals surface area contributed by atoms with E-state index in [1.165, 1.54) is 18.9 Å². The first kappa shape index (κ1) is 34.2. The van der Waals surface area contributed by atoms with Gasteiger partial charge in [0.2, 0.25) is 12.4 Å². The molecule has 2 saturated heterocycles. The van der Waals surface area contributed by atoms with E-state index in [1.807, 2.05) is 19.9 Å². The Bertz CT molecular complexity index is 1580. The summed E-state index contributed by atoms with van der Waals surface area (Å²) in [5.74, 6) is -0.774. The summed E-state index contributed by atoms with van der Waals surface area (Å²) >= 11 is 0. The van der Waals surface area contributed by atoms with E-state index in [1.54, 1.807) is 24.3 Å². The predicted octanol–water partition coefficient (Wildman–Crippen LogP) is 7.29. The molecular formula is C37H46F2N6O2. The molecule has 3 aromatic rings. The van der Waals surface area contributed by atoms with Gasteiger partial charge in [0.15, 0.2) is 5.82 Å². The third-order valence-electron chi connectivity index (χ3n) is 9.41. The number of carbonyl (C=O) groups is 2. The van der Waals surface area contributed by atoms with E-state index >= 15 is 8.78 Å². The Morgan fingerprint density at radius 1 is 1.04 bits per heavy atom. The highest BCUT2D eigenvalue weighted by Gasteiger charge is 2.31. The van der Waals surface area contributed by atoms with Gasteiger partial charge in [-0.05, 0) is 94.8 Å². The second-order valence-electron chi connectivity index (χ2n) is 12.7. The number of nitrogens with zero attached hydrogens (tertiary/aromatic N) is 5. The van der Waals surface area contributed by atoms with Gasteiger partial charge >= 0.3 is 0 Å². The number of hydrogen-bond acceptors (Lipinski definition) is 6. The van der Waals surface area contributed by atoms with Crippen LogP contribution in [0.15, 0.2) is 42.5 Å². The number of piperidine rings is 2. The van der Waals surface area contributed by atoms with Crippen molar-refractivity contribution in [2.75, 3.05) is 42.5 Å². The number of anilines is 3. The summed E-state index contributed by atoms with van der Waals surface area (Å²) in [6.45, 7) is 12.3. The van der Waals surface area contributed by atoms with Crippen molar-refractivity contribution in [3.63, 3.8) is 0 Å². The maximum Gasteiger partial charge on any atom is 0.251 e. The van der Waals surface area contributed by atoms with E-state index in [9.17, 15) is 9.59 Å². The molecule has 1 N–H and O–H groups in total. The molecule has 2 aromatic carbocycles. The molecule has 2 aliphatic heterocycles. The molecule has 0 aliphatic carbocycles. The molecule has 0 bridgehead atoms. The standard InChI is InChI=1S/C37H46F2N6O2/c1-5-7-18-40-36(47)27-13-12-26(4)30(23-27)33-29(9-6-2)35(45(24-46)34-31(38)10-8-11-32(34)39)42-37(41-33)44-21-16-28(17-22-44)43-19-14-25(3)15-20-43/h6,8-13,23-25,28H,5,7,14-22H2,1-4H3,(H,40,47)/b9-6-. The van der Waals surface area contributed by atoms with Crippen molar-refractivity contribution in [3.8, 4) is 11.3 Å². The smallest absolute Gasteiger partial charge is 0.251 e. The molecule has 2 amide bonds. The summed E-state index contributed by atoms with van der Waals surface area (Å²) in [5, 5.41) is 2.97. The van der Waals surface area contributed by atoms with Gasteiger partial charge in [0.25, 0.3) is 5.91 Å². The molecule has 3 heterocycles. The number of likely N-dealkylation sites (tertiary alicyclic amines) is 1. The van der Waals surface area contributed by atoms with Crippen LogP contribution in [-0.2, 0) is 4.79 Å². The van der Waals surface area contributed by atoms with Crippen molar-refractivity contribution < 1.29 is 18.4 Å². The van der Waals surface area contributed by atoms with E-state index < -0.39 is 17.3 Å². The zero-order valence-corrected chi connectivity index (χ0v) is 27.9. The molecule has 0 atom stereocenters. The number of aryl methyl sites for hydroxylation is 1. The normalized spacial score (nSPS) is 16.5. The second kappa shape index (κ2) is 15.6. The Hall–Kier alpha value is -4.18. The molecule has 250 valence electrons. The van der Waals surface area contributed by atoms with Gasteiger partial charge in [-0.25, -0.2) is 13.8 Å². The van der Waals surface area contributed by atoms with E-state index in [0.29, 0.717) is 60.4 Å². The van der Waals surface area contributed by atoms with Gasteiger partial charge < -0.3 is 15.1 Å². The molecule has 2 aliphatic rings. The fourth-order valence-electron chi connectivity index (χ4n) is 6.55. The van der Waals surface area contributed by atoms with Crippen molar-refractivity contribution in [3.05, 3.63) is 70.8 Å². The number of carbonyl (C=O) groups excluding carboxylic acids is 2. The minimum Gasteiger partial charge on any atom is -0.352 e. The lowest BCUT2D eigenvalue weighted by Crippen LogP contribution is -2.48. The van der Waals surface area contributed by atoms with Crippen LogP contribution < -0.4 is 15.1 Å². The molecule has 2 fully saturated rings. The lowest BCUT2D eigenvalue weighted by molar-refractivity contribution is -0.106. The van der Waals surface area contributed by atoms with Gasteiger partial charge in [0, 0.05) is 42.4 Å². The first-order valence-electron chi connectivity index (χ1n) is 16.9. The van der Waals surface area contributed by atoms with Crippen LogP contribution in [0.1, 0.15) is 80.8 Å². The average Bonchev–Trinajstić information content (AvgIpc) is 3.07. The van der Waals surface area contributed by atoms with Crippen LogP contribution in [0.3, 0.4) is 0 Å². The van der Waals surface area contributed by atoms with Crippen molar-refractivity contribution in [2.24, 2.45) is 5.92 Å². The summed E-state index contributed by atoms with van der Waals surface area (Å²) < 4.78 is 30.4. The number of rotatable bonds is 11. The first-order chi connectivity index (χ1) is 22.7. The fraction of sp³-hybridized carbons (Fsp3) is 0.459. The molecule has 8 nitrogen and oxygen atoms in total. The predicted molar refractivity (Wildman–Crippen MR) is 184 cm³/mol. The summed E-state index contributed by atoms with van der Waals surface area (Å²) in [6, 6.07) is 9.39. The zero-order valence-electron chi connectivity index (χ0n) is 27.9. The van der Waals surface area contributed by atoms with E-state index in [2.05, 4.69) is 29.0 Å². The van der Waals surface area contributed by atoms with Crippen LogP contribution in [0.4, 0.5) is 26.2 Å². The van der Waals surface area contributed by atoms with Crippen LogP contribution in [0.2, 0.25) is 0 Å². The lowest BCUT2D eigenvalue weighted by Gasteiger charge is -2.41. The average molecular weight is 645 g/mol. The summed E-state index contributed by atoms with van der Waals surface area (Å²) in [4.78, 5) is 41.3. The Balaban J connectivity index is 1.61. The maximum absolute atomic E-state index is 15.2. The van der Waals surface area contributed by atoms with E-state index in [0.717, 1.165) is 67.3 Å². The highest BCUT2D eigenvalue weighted by molar-refractivity contribution is 5.97. The Morgan fingerprint density at radius 3 is 2.38 bits per heavy atom. The summed E-state index contributed by atoms with van der Waals surface area (Å²) in [7, 11) is 0. The zero-order chi connectivity index (χ0) is 33.5. The van der Waals surface area contributed by atoms with Crippen molar-refractivity contribution in [1.29, 1.82) is 0 Å². The summed E-state index contributed by atoms with van der Waals surface area (Å²) in [6.07, 6.45) is 10.0. The number of unbranched alkanes of at least 4 members (excludes halogenated alkanes) is 1. The number of benzene rings is 2. The van der Waals surface area contributed by atoms with Gasteiger partial charge in [-0.2, -0.15) is 4.98 Å². The van der Waals surface area contributed by atoms with Crippen molar-refractivity contribution >= 4 is 35.8 Å². The SMILES string of the molecule is C/C=C\c1c(-c2cc(C(=O)NCCCC)ccc2C)nc(N2CCC(N3CCC(C)CC3)CC2)nc1N(C=O)c1c(F)cccc1F. The number of hydrogen-bond donors (Lipinski definition) is 1. The minimum absolute atomic E-state index is 0.0615. The highest BCUT2D eigenvalue weighted by atomic mass is 19.1. The molecule has 0 radical (unpaired) electrons. The Labute approximate surface area is 276 Å². The minimum atomic E-state index is -0.885. The van der Waals surface area contributed by atoms with Crippen LogP contribution >= 0.6 is 0 Å². The summed E-state index contributed by atoms with van der Waals surface area (Å²) in [5.41, 5.74) is 2.36. The molecule has 0 unspecified atom stereocenters. The highest BCUT2D eigenvalue weighted by Crippen LogP contribution is 2.38. The lowest BCUT2D eigenvalue weighted by atomic mass is 9.95. The largest absolute Gasteiger partial charge is 0.352 e. The molecule has 1 aromatic heterocycles. The van der Waals surface area contributed by atoms with Gasteiger partial charge in [-0.3, -0.25) is 14.5 Å². The van der Waals surface area contributed by atoms with Crippen LogP contribution in [-0.4, -0.2) is 66.0 Å². The Morgan fingerprint density at radius 2 is 1.74 bits per heavy atom. The van der Waals surface area contributed by atoms with Crippen molar-refractivity contribution in [1.82, 2.24) is 20.2 Å². The molecule has 5 rings (SSSR count). The van der Waals surface area contributed by atoms with Crippen LogP contribution in [0.5, 0.6) is 0 Å². The van der Waals surface area contributed by atoms with Gasteiger partial charge in [-0.15, -0.1) is 0 Å². The molecule has 0 spiro atoms. The molecule has 47 heavy (non-hydrogen) atoms.